The van der Waals surface area contributed by atoms with Crippen LogP contribution in [0.3, 0.4) is 0 Å². The maximum absolute atomic E-state index is 6.10. The van der Waals surface area contributed by atoms with E-state index >= 15 is 0 Å². The van der Waals surface area contributed by atoms with Gasteiger partial charge in [0.05, 0.1) is 0 Å². The number of halogens is 1. The Morgan fingerprint density at radius 3 is 2.71 bits per heavy atom. The van der Waals surface area contributed by atoms with E-state index in [9.17, 15) is 0 Å². The van der Waals surface area contributed by atoms with Gasteiger partial charge in [0, 0.05) is 22.9 Å². The molecule has 0 atom stereocenters. The van der Waals surface area contributed by atoms with Crippen molar-refractivity contribution in [3.05, 3.63) is 41.6 Å². The first kappa shape index (κ1) is 12.3. The Bertz CT molecular complexity index is 490. The van der Waals surface area contributed by atoms with E-state index in [0.717, 1.165) is 28.3 Å². The highest BCUT2D eigenvalue weighted by Gasteiger charge is 2.10. The molecule has 2 aromatic heterocycles. The molecule has 5 heteroatoms. The summed E-state index contributed by atoms with van der Waals surface area (Å²) in [7, 11) is 0. The molecule has 2 heterocycles. The molecule has 0 radical (unpaired) electrons. The van der Waals surface area contributed by atoms with Crippen molar-refractivity contribution in [3.63, 3.8) is 0 Å². The summed E-state index contributed by atoms with van der Waals surface area (Å²) in [4.78, 5) is 13.4. The lowest BCUT2D eigenvalue weighted by Gasteiger charge is -2.07. The van der Waals surface area contributed by atoms with Gasteiger partial charge in [-0.05, 0) is 18.6 Å². The van der Waals surface area contributed by atoms with Crippen LogP contribution >= 0.6 is 23.4 Å². The van der Waals surface area contributed by atoms with Crippen LogP contribution in [0.25, 0.3) is 0 Å². The molecule has 0 aliphatic rings. The van der Waals surface area contributed by atoms with Crippen LogP contribution in [0, 0.1) is 0 Å². The van der Waals surface area contributed by atoms with E-state index in [1.165, 1.54) is 6.33 Å². The lowest BCUT2D eigenvalue weighted by Crippen LogP contribution is -1.95. The van der Waals surface area contributed by atoms with Crippen molar-refractivity contribution >= 4 is 23.4 Å². The van der Waals surface area contributed by atoms with E-state index < -0.39 is 0 Å². The molecule has 0 N–H and O–H groups in total. The van der Waals surface area contributed by atoms with Crippen molar-refractivity contribution < 1.29 is 0 Å². The molecule has 0 bridgehead atoms. The molecule has 2 rings (SSSR count). The van der Waals surface area contributed by atoms with E-state index in [2.05, 4.69) is 21.9 Å². The summed E-state index contributed by atoms with van der Waals surface area (Å²) in [6.07, 6.45) is 6.96. The standard InChI is InChI=1S/C12H12ClN3S/c1-2-3-10-11(13)15-8-16-12(10)17-9-4-6-14-7-5-9/h4-8H,2-3H2,1H3. The van der Waals surface area contributed by atoms with Gasteiger partial charge in [-0.25, -0.2) is 9.97 Å². The van der Waals surface area contributed by atoms with Crippen molar-refractivity contribution in [2.75, 3.05) is 0 Å². The summed E-state index contributed by atoms with van der Waals surface area (Å²) in [5.41, 5.74) is 1.03. The number of hydrogen-bond donors (Lipinski definition) is 0. The van der Waals surface area contributed by atoms with Gasteiger partial charge in [-0.1, -0.05) is 36.7 Å². The van der Waals surface area contributed by atoms with Gasteiger partial charge in [-0.2, -0.15) is 0 Å². The van der Waals surface area contributed by atoms with E-state index in [1.807, 2.05) is 12.1 Å². The van der Waals surface area contributed by atoms with E-state index in [-0.39, 0.29) is 0 Å². The van der Waals surface area contributed by atoms with Gasteiger partial charge in [0.1, 0.15) is 16.5 Å². The maximum atomic E-state index is 6.10. The fourth-order valence-electron chi connectivity index (χ4n) is 1.44. The third-order valence-electron chi connectivity index (χ3n) is 2.22. The summed E-state index contributed by atoms with van der Waals surface area (Å²) in [5.74, 6) is 0. The Morgan fingerprint density at radius 2 is 2.00 bits per heavy atom. The fraction of sp³-hybridized carbons (Fsp3) is 0.250. The summed E-state index contributed by atoms with van der Waals surface area (Å²) in [6, 6.07) is 3.91. The Labute approximate surface area is 110 Å². The highest BCUT2D eigenvalue weighted by molar-refractivity contribution is 7.99. The molecule has 3 nitrogen and oxygen atoms in total. The largest absolute Gasteiger partial charge is 0.265 e. The minimum absolute atomic E-state index is 0.554. The molecule has 0 aliphatic heterocycles. The lowest BCUT2D eigenvalue weighted by molar-refractivity contribution is 0.856. The van der Waals surface area contributed by atoms with E-state index in [0.29, 0.717) is 5.15 Å². The molecule has 0 amide bonds. The molecule has 2 aromatic rings. The molecule has 88 valence electrons. The molecule has 0 aromatic carbocycles. The van der Waals surface area contributed by atoms with Crippen molar-refractivity contribution in [2.45, 2.75) is 29.7 Å². The number of nitrogens with zero attached hydrogens (tertiary/aromatic N) is 3. The van der Waals surface area contributed by atoms with Crippen molar-refractivity contribution in [2.24, 2.45) is 0 Å². The Hall–Kier alpha value is -1.13. The molecule has 0 fully saturated rings. The Kier molecular flexibility index (Phi) is 4.34. The number of pyridine rings is 1. The van der Waals surface area contributed by atoms with E-state index in [4.69, 9.17) is 11.6 Å². The molecule has 0 saturated heterocycles. The normalized spacial score (nSPS) is 10.5. The van der Waals surface area contributed by atoms with Crippen LogP contribution in [0.2, 0.25) is 5.15 Å². The van der Waals surface area contributed by atoms with Gasteiger partial charge in [-0.3, -0.25) is 4.98 Å². The van der Waals surface area contributed by atoms with Crippen molar-refractivity contribution in [1.82, 2.24) is 15.0 Å². The predicted octanol–water partition coefficient (Wildman–Crippen LogP) is 3.63. The first-order valence-electron chi connectivity index (χ1n) is 5.38. The third-order valence-corrected chi connectivity index (χ3v) is 3.60. The Balaban J connectivity index is 2.29. The van der Waals surface area contributed by atoms with Crippen molar-refractivity contribution in [3.8, 4) is 0 Å². The average molecular weight is 266 g/mol. The summed E-state index contributed by atoms with van der Waals surface area (Å²) in [5, 5.41) is 1.48. The fourth-order valence-corrected chi connectivity index (χ4v) is 2.63. The zero-order chi connectivity index (χ0) is 12.1. The van der Waals surface area contributed by atoms with Gasteiger partial charge in [0.15, 0.2) is 0 Å². The zero-order valence-corrected chi connectivity index (χ0v) is 11.0. The van der Waals surface area contributed by atoms with Crippen LogP contribution in [0.15, 0.2) is 40.8 Å². The number of rotatable bonds is 4. The Morgan fingerprint density at radius 1 is 1.24 bits per heavy atom. The molecular weight excluding hydrogens is 254 g/mol. The zero-order valence-electron chi connectivity index (χ0n) is 9.43. The molecule has 0 saturated carbocycles. The number of aromatic nitrogens is 3. The summed E-state index contributed by atoms with van der Waals surface area (Å²) >= 11 is 7.69. The van der Waals surface area contributed by atoms with Crippen LogP contribution in [0.1, 0.15) is 18.9 Å². The molecule has 0 spiro atoms. The quantitative estimate of drug-likeness (QED) is 0.792. The average Bonchev–Trinajstić information content (AvgIpc) is 2.35. The van der Waals surface area contributed by atoms with Gasteiger partial charge in [0.2, 0.25) is 0 Å². The SMILES string of the molecule is CCCc1c(Cl)ncnc1Sc1ccncc1. The second-order valence-electron chi connectivity index (χ2n) is 3.48. The van der Waals surface area contributed by atoms with E-state index in [1.54, 1.807) is 24.2 Å². The van der Waals surface area contributed by atoms with Crippen LogP contribution in [0.5, 0.6) is 0 Å². The predicted molar refractivity (Wildman–Crippen MR) is 69.4 cm³/mol. The topological polar surface area (TPSA) is 38.7 Å². The summed E-state index contributed by atoms with van der Waals surface area (Å²) < 4.78 is 0. The van der Waals surface area contributed by atoms with Crippen LogP contribution in [-0.4, -0.2) is 15.0 Å². The molecule has 17 heavy (non-hydrogen) atoms. The highest BCUT2D eigenvalue weighted by Crippen LogP contribution is 2.31. The highest BCUT2D eigenvalue weighted by atomic mass is 35.5. The molecule has 0 unspecified atom stereocenters. The second-order valence-corrected chi connectivity index (χ2v) is 4.90. The van der Waals surface area contributed by atoms with Gasteiger partial charge >= 0.3 is 0 Å². The van der Waals surface area contributed by atoms with Gasteiger partial charge in [-0.15, -0.1) is 0 Å². The van der Waals surface area contributed by atoms with Gasteiger partial charge < -0.3 is 0 Å². The van der Waals surface area contributed by atoms with Crippen LogP contribution in [-0.2, 0) is 6.42 Å². The second kappa shape index (κ2) is 5.98. The van der Waals surface area contributed by atoms with Gasteiger partial charge in [0.25, 0.3) is 0 Å². The minimum Gasteiger partial charge on any atom is -0.265 e. The van der Waals surface area contributed by atoms with Crippen LogP contribution in [0.4, 0.5) is 0 Å². The third kappa shape index (κ3) is 3.17. The number of hydrogen-bond acceptors (Lipinski definition) is 4. The lowest BCUT2D eigenvalue weighted by atomic mass is 10.2. The minimum atomic E-state index is 0.554. The van der Waals surface area contributed by atoms with Crippen molar-refractivity contribution in [1.29, 1.82) is 0 Å². The van der Waals surface area contributed by atoms with Crippen LogP contribution < -0.4 is 0 Å². The first-order chi connectivity index (χ1) is 8.31. The molecule has 0 aliphatic carbocycles. The first-order valence-corrected chi connectivity index (χ1v) is 6.58. The monoisotopic (exact) mass is 265 g/mol. The molecular formula is C12H12ClN3S. The maximum Gasteiger partial charge on any atom is 0.136 e. The smallest absolute Gasteiger partial charge is 0.136 e. The summed E-state index contributed by atoms with van der Waals surface area (Å²) in [6.45, 7) is 2.12.